The van der Waals surface area contributed by atoms with Gasteiger partial charge in [0.15, 0.2) is 11.2 Å². The zero-order valence-corrected chi connectivity index (χ0v) is 47.4. The molecule has 0 unspecified atom stereocenters. The molecule has 0 amide bonds. The second kappa shape index (κ2) is 18.4. The van der Waals surface area contributed by atoms with E-state index in [1.807, 2.05) is 104 Å². The summed E-state index contributed by atoms with van der Waals surface area (Å²) < 4.78 is 22.0. The minimum Gasteiger partial charge on any atom is -0.454 e. The average molecular weight is 1160 g/mol. The quantitative estimate of drug-likeness (QED) is 0.151. The van der Waals surface area contributed by atoms with Gasteiger partial charge in [-0.15, -0.1) is 0 Å². The number of nitrogens with zero attached hydrogens (tertiary/aromatic N) is 12. The second-order valence-electron chi connectivity index (χ2n) is 22.8. The molecule has 0 aliphatic rings. The molecule has 14 aromatic heterocycles. The van der Waals surface area contributed by atoms with Crippen LogP contribution >= 0.6 is 0 Å². The van der Waals surface area contributed by atoms with Crippen LogP contribution in [0.5, 0.6) is 0 Å². The average Bonchev–Trinajstić information content (AvgIpc) is 1.72. The van der Waals surface area contributed by atoms with Gasteiger partial charge in [-0.25, -0.2) is 0 Å². The highest BCUT2D eigenvalue weighted by molar-refractivity contribution is 6.17. The molecule has 14 nitrogen and oxygen atoms in total. The molecule has 0 saturated carbocycles. The Balaban J connectivity index is 0.681. The van der Waals surface area contributed by atoms with Gasteiger partial charge < -0.3 is 27.1 Å². The fourth-order valence-corrected chi connectivity index (χ4v) is 14.2. The minimum absolute atomic E-state index is 0.657. The standard InChI is InChI=1S/C76H42N12O2/c1-2-10-50(57-11-3-4-28-78-57)49(9-1)43-16-21-58-51(35-43)72-63(12-5-29-79-72)86(58)46-18-23-60-53(38-46)74-65(14-7-31-81-74)88(60)48-20-25-67-55(40-48)76-69(90-67)36-44(41-84-76)71-70-56-42-77-33-26-61(56)85(62(70)27-34-83-71)45-17-22-59-52(37-45)73-64(13-6-30-80-73)87(59)47-19-24-66-54(39-47)75-68(89-66)15-8-32-82-75/h1-42H. The van der Waals surface area contributed by atoms with Gasteiger partial charge >= 0.3 is 0 Å². The number of hydrogen-bond donors (Lipinski definition) is 0. The molecule has 0 N–H and O–H groups in total. The van der Waals surface area contributed by atoms with E-state index in [2.05, 4.69) is 174 Å². The van der Waals surface area contributed by atoms with Crippen LogP contribution in [0.25, 0.3) is 188 Å². The van der Waals surface area contributed by atoms with Crippen LogP contribution in [-0.4, -0.2) is 58.1 Å². The lowest BCUT2D eigenvalue weighted by atomic mass is 9.96. The molecule has 20 rings (SSSR count). The summed E-state index contributed by atoms with van der Waals surface area (Å²) in [6.07, 6.45) is 16.8. The van der Waals surface area contributed by atoms with Crippen molar-refractivity contribution in [3.05, 3.63) is 256 Å². The number of aromatic nitrogens is 12. The van der Waals surface area contributed by atoms with Crippen molar-refractivity contribution < 1.29 is 8.83 Å². The molecule has 0 fully saturated rings. The molecule has 6 aromatic carbocycles. The van der Waals surface area contributed by atoms with Crippen LogP contribution in [0.1, 0.15) is 0 Å². The van der Waals surface area contributed by atoms with E-state index in [0.717, 1.165) is 183 Å². The lowest BCUT2D eigenvalue weighted by molar-refractivity contribution is 0.667. The second-order valence-corrected chi connectivity index (χ2v) is 22.8. The number of rotatable bonds is 7. The van der Waals surface area contributed by atoms with Crippen LogP contribution in [0, 0.1) is 0 Å². The third-order valence-electron chi connectivity index (χ3n) is 18.0. The van der Waals surface area contributed by atoms with E-state index >= 15 is 0 Å². The largest absolute Gasteiger partial charge is 0.454 e. The van der Waals surface area contributed by atoms with Gasteiger partial charge in [-0.3, -0.25) is 39.9 Å². The van der Waals surface area contributed by atoms with Crippen molar-refractivity contribution in [3.8, 4) is 56.4 Å². The van der Waals surface area contributed by atoms with Gasteiger partial charge in [-0.2, -0.15) is 0 Å². The molecule has 0 aliphatic carbocycles. The first-order chi connectivity index (χ1) is 44.6. The summed E-state index contributed by atoms with van der Waals surface area (Å²) in [6.45, 7) is 0. The van der Waals surface area contributed by atoms with Crippen LogP contribution in [-0.2, 0) is 0 Å². The lowest BCUT2D eigenvalue weighted by Crippen LogP contribution is -1.96. The Morgan fingerprint density at radius 1 is 0.267 bits per heavy atom. The van der Waals surface area contributed by atoms with Crippen LogP contribution in [0.15, 0.2) is 265 Å². The van der Waals surface area contributed by atoms with Gasteiger partial charge in [0, 0.05) is 127 Å². The van der Waals surface area contributed by atoms with Gasteiger partial charge in [0.1, 0.15) is 22.2 Å². The van der Waals surface area contributed by atoms with Crippen LogP contribution in [0.4, 0.5) is 0 Å². The predicted octanol–water partition coefficient (Wildman–Crippen LogP) is 18.0. The fourth-order valence-electron chi connectivity index (χ4n) is 14.2. The molecule has 0 aliphatic heterocycles. The molecule has 418 valence electrons. The summed E-state index contributed by atoms with van der Waals surface area (Å²) >= 11 is 0. The molecular weight excluding hydrogens is 1110 g/mol. The summed E-state index contributed by atoms with van der Waals surface area (Å²) in [6, 6.07) is 69.5. The van der Waals surface area contributed by atoms with Gasteiger partial charge in [-0.1, -0.05) is 36.4 Å². The van der Waals surface area contributed by atoms with Gasteiger partial charge in [0.2, 0.25) is 0 Å². The molecule has 0 radical (unpaired) electrons. The maximum Gasteiger partial charge on any atom is 0.154 e. The normalized spacial score (nSPS) is 12.2. The van der Waals surface area contributed by atoms with E-state index in [1.54, 1.807) is 6.20 Å². The number of fused-ring (bicyclic) bond motifs is 18. The predicted molar refractivity (Wildman–Crippen MR) is 357 cm³/mol. The monoisotopic (exact) mass is 1150 g/mol. The van der Waals surface area contributed by atoms with Crippen molar-refractivity contribution >= 4 is 132 Å². The van der Waals surface area contributed by atoms with E-state index in [9.17, 15) is 0 Å². The molecule has 0 saturated heterocycles. The summed E-state index contributed by atoms with van der Waals surface area (Å²) in [5, 5.41) is 6.89. The van der Waals surface area contributed by atoms with Crippen molar-refractivity contribution in [3.63, 3.8) is 0 Å². The Hall–Kier alpha value is -12.7. The summed E-state index contributed by atoms with van der Waals surface area (Å²) in [5.41, 5.74) is 25.1. The highest BCUT2D eigenvalue weighted by Gasteiger charge is 2.24. The first kappa shape index (κ1) is 48.5. The smallest absolute Gasteiger partial charge is 0.154 e. The highest BCUT2D eigenvalue weighted by Crippen LogP contribution is 2.44. The Labute approximate surface area is 508 Å². The molecule has 14 heteroatoms. The van der Waals surface area contributed by atoms with E-state index in [1.165, 1.54) is 0 Å². The Kier molecular flexibility index (Phi) is 9.93. The van der Waals surface area contributed by atoms with Crippen LogP contribution < -0.4 is 0 Å². The highest BCUT2D eigenvalue weighted by atomic mass is 16.3. The van der Waals surface area contributed by atoms with Crippen molar-refractivity contribution in [1.82, 2.24) is 58.1 Å². The molecular formula is C76H42N12O2. The van der Waals surface area contributed by atoms with Crippen molar-refractivity contribution in [2.45, 2.75) is 0 Å². The van der Waals surface area contributed by atoms with Crippen LogP contribution in [0.2, 0.25) is 0 Å². The SMILES string of the molecule is c1ccc(-c2ccccc2-c2ccc3c(c2)c2ncccc2n3-c2ccc3c(c2)c2ncccc2n3-c2ccc3oc4cc(-c5nccc6c5c5cnccc5n6-c5ccc6c(c5)c5ncccc5n6-c5ccc6oc7cccnc7c6c5)cnc4c3c2)nc1. The molecule has 90 heavy (non-hydrogen) atoms. The van der Waals surface area contributed by atoms with E-state index < -0.39 is 0 Å². The maximum atomic E-state index is 6.71. The summed E-state index contributed by atoms with van der Waals surface area (Å²) in [4.78, 5) is 39.3. The van der Waals surface area contributed by atoms with E-state index in [-0.39, 0.29) is 0 Å². The van der Waals surface area contributed by atoms with Crippen molar-refractivity contribution in [2.24, 2.45) is 0 Å². The number of pyridine rings is 8. The zero-order chi connectivity index (χ0) is 58.7. The number of hydrogen-bond acceptors (Lipinski definition) is 10. The Bertz CT molecular complexity index is 6450. The van der Waals surface area contributed by atoms with Crippen molar-refractivity contribution in [2.75, 3.05) is 0 Å². The number of furan rings is 2. The van der Waals surface area contributed by atoms with Gasteiger partial charge in [0.25, 0.3) is 0 Å². The van der Waals surface area contributed by atoms with Crippen molar-refractivity contribution in [1.29, 1.82) is 0 Å². The Morgan fingerprint density at radius 2 is 0.778 bits per heavy atom. The fraction of sp³-hybridized carbons (Fsp3) is 0. The van der Waals surface area contributed by atoms with E-state index in [0.29, 0.717) is 5.58 Å². The summed E-state index contributed by atoms with van der Waals surface area (Å²) in [5.74, 6) is 0. The van der Waals surface area contributed by atoms with E-state index in [4.69, 9.17) is 38.7 Å². The molecule has 0 atom stereocenters. The summed E-state index contributed by atoms with van der Waals surface area (Å²) in [7, 11) is 0. The third-order valence-corrected chi connectivity index (χ3v) is 18.0. The third kappa shape index (κ3) is 6.91. The topological polar surface area (TPSA) is 149 Å². The van der Waals surface area contributed by atoms with Gasteiger partial charge in [0.05, 0.1) is 72.1 Å². The Morgan fingerprint density at radius 3 is 1.42 bits per heavy atom. The molecule has 0 spiro atoms. The maximum absolute atomic E-state index is 6.71. The molecule has 20 aromatic rings. The van der Waals surface area contributed by atoms with Crippen LogP contribution in [0.3, 0.4) is 0 Å². The first-order valence-electron chi connectivity index (χ1n) is 29.7. The minimum atomic E-state index is 0.657. The zero-order valence-electron chi connectivity index (χ0n) is 47.4. The lowest BCUT2D eigenvalue weighted by Gasteiger charge is -2.11. The molecule has 0 bridgehead atoms. The molecule has 14 heterocycles. The number of benzene rings is 6. The first-order valence-corrected chi connectivity index (χ1v) is 29.7. The van der Waals surface area contributed by atoms with Gasteiger partial charge in [-0.05, 0) is 175 Å².